The lowest BCUT2D eigenvalue weighted by Gasteiger charge is -2.22. The molecular weight excluding hydrogens is 276 g/mol. The predicted molar refractivity (Wildman–Crippen MR) is 66.9 cm³/mol. The maximum Gasteiger partial charge on any atom is 0.233 e. The first kappa shape index (κ1) is 13.3. The third kappa shape index (κ3) is 3.22. The van der Waals surface area contributed by atoms with Crippen LogP contribution in [0.2, 0.25) is 0 Å². The van der Waals surface area contributed by atoms with Crippen molar-refractivity contribution in [3.63, 3.8) is 0 Å². The van der Waals surface area contributed by atoms with Crippen LogP contribution >= 0.6 is 11.8 Å². The van der Waals surface area contributed by atoms with Crippen LogP contribution in [0.15, 0.2) is 11.5 Å². The zero-order valence-corrected chi connectivity index (χ0v) is 11.5. The van der Waals surface area contributed by atoms with Crippen LogP contribution in [0.5, 0.6) is 0 Å². The van der Waals surface area contributed by atoms with E-state index in [9.17, 15) is 13.2 Å². The van der Waals surface area contributed by atoms with Gasteiger partial charge in [-0.2, -0.15) is 5.10 Å². The molecule has 100 valence electrons. The highest BCUT2D eigenvalue weighted by molar-refractivity contribution is 7.99. The molecule has 18 heavy (non-hydrogen) atoms. The van der Waals surface area contributed by atoms with Crippen molar-refractivity contribution in [1.82, 2.24) is 20.1 Å². The van der Waals surface area contributed by atoms with Gasteiger partial charge in [-0.15, -0.1) is 0 Å². The summed E-state index contributed by atoms with van der Waals surface area (Å²) in [5, 5.41) is 6.91. The number of nitrogens with one attached hydrogen (secondary N) is 1. The number of H-pyrrole nitrogens is 1. The first-order chi connectivity index (χ1) is 8.48. The Bertz CT molecular complexity index is 514. The van der Waals surface area contributed by atoms with E-state index in [4.69, 9.17) is 0 Å². The van der Waals surface area contributed by atoms with Crippen molar-refractivity contribution in [2.75, 3.05) is 24.3 Å². The van der Waals surface area contributed by atoms with Gasteiger partial charge < -0.3 is 4.90 Å². The average molecular weight is 290 g/mol. The lowest BCUT2D eigenvalue weighted by atomic mass is 10.2. The fourth-order valence-corrected chi connectivity index (χ4v) is 4.26. The van der Waals surface area contributed by atoms with Gasteiger partial charge in [0.2, 0.25) is 5.91 Å². The topological polar surface area (TPSA) is 96.0 Å². The Morgan fingerprint density at radius 3 is 3.00 bits per heavy atom. The minimum atomic E-state index is -2.96. The molecule has 1 unspecified atom stereocenters. The number of sulfone groups is 1. The Morgan fingerprint density at radius 1 is 1.67 bits per heavy atom. The first-order valence-electron chi connectivity index (χ1n) is 5.42. The largest absolute Gasteiger partial charge is 0.341 e. The van der Waals surface area contributed by atoms with Crippen LogP contribution in [0.4, 0.5) is 0 Å². The van der Waals surface area contributed by atoms with Crippen molar-refractivity contribution in [1.29, 1.82) is 0 Å². The monoisotopic (exact) mass is 290 g/mol. The molecule has 0 aromatic carbocycles. The van der Waals surface area contributed by atoms with Gasteiger partial charge in [-0.25, -0.2) is 13.4 Å². The molecule has 9 heteroatoms. The van der Waals surface area contributed by atoms with Gasteiger partial charge in [0.15, 0.2) is 15.0 Å². The molecule has 0 aliphatic carbocycles. The maximum atomic E-state index is 11.9. The molecule has 1 atom stereocenters. The minimum absolute atomic E-state index is 0.0716. The summed E-state index contributed by atoms with van der Waals surface area (Å²) in [4.78, 5) is 17.3. The van der Waals surface area contributed by atoms with Crippen LogP contribution in [0, 0.1) is 0 Å². The van der Waals surface area contributed by atoms with Gasteiger partial charge in [0, 0.05) is 13.1 Å². The molecule has 1 saturated heterocycles. The molecule has 2 rings (SSSR count). The molecule has 1 aliphatic heterocycles. The minimum Gasteiger partial charge on any atom is -0.341 e. The Morgan fingerprint density at radius 2 is 2.44 bits per heavy atom. The van der Waals surface area contributed by atoms with E-state index in [1.807, 2.05) is 0 Å². The highest BCUT2D eigenvalue weighted by Crippen LogP contribution is 2.18. The van der Waals surface area contributed by atoms with Gasteiger partial charge in [0.05, 0.1) is 17.3 Å². The molecule has 0 spiro atoms. The van der Waals surface area contributed by atoms with Crippen LogP contribution in [-0.2, 0) is 14.6 Å². The Labute approximate surface area is 109 Å². The third-order valence-corrected chi connectivity index (χ3v) is 5.49. The summed E-state index contributed by atoms with van der Waals surface area (Å²) in [5.74, 6) is 0.369. The highest BCUT2D eigenvalue weighted by Gasteiger charge is 2.32. The van der Waals surface area contributed by atoms with E-state index in [0.29, 0.717) is 11.6 Å². The Kier molecular flexibility index (Phi) is 3.91. The van der Waals surface area contributed by atoms with Gasteiger partial charge in [-0.1, -0.05) is 11.8 Å². The van der Waals surface area contributed by atoms with Crippen LogP contribution in [0.25, 0.3) is 0 Å². The van der Waals surface area contributed by atoms with E-state index in [2.05, 4.69) is 15.2 Å². The second kappa shape index (κ2) is 5.27. The Hall–Kier alpha value is -1.09. The summed E-state index contributed by atoms with van der Waals surface area (Å²) in [6.45, 7) is 0. The summed E-state index contributed by atoms with van der Waals surface area (Å²) < 4.78 is 22.7. The van der Waals surface area contributed by atoms with Crippen molar-refractivity contribution in [3.8, 4) is 0 Å². The van der Waals surface area contributed by atoms with E-state index < -0.39 is 9.84 Å². The molecule has 1 amide bonds. The normalized spacial score (nSPS) is 21.9. The van der Waals surface area contributed by atoms with Crippen molar-refractivity contribution >= 4 is 27.5 Å². The van der Waals surface area contributed by atoms with Crippen molar-refractivity contribution in [3.05, 3.63) is 6.33 Å². The lowest BCUT2D eigenvalue weighted by Crippen LogP contribution is -2.38. The molecule has 2 heterocycles. The number of amides is 1. The van der Waals surface area contributed by atoms with Crippen molar-refractivity contribution in [2.24, 2.45) is 0 Å². The van der Waals surface area contributed by atoms with E-state index in [1.54, 1.807) is 7.05 Å². The van der Waals surface area contributed by atoms with Crippen LogP contribution in [-0.4, -0.2) is 64.8 Å². The van der Waals surface area contributed by atoms with Gasteiger partial charge in [0.1, 0.15) is 6.33 Å². The molecule has 1 fully saturated rings. The van der Waals surface area contributed by atoms with Crippen molar-refractivity contribution < 1.29 is 13.2 Å². The summed E-state index contributed by atoms with van der Waals surface area (Å²) in [5.41, 5.74) is 0. The molecule has 1 aromatic heterocycles. The number of rotatable bonds is 4. The number of nitrogens with zero attached hydrogens (tertiary/aromatic N) is 3. The zero-order chi connectivity index (χ0) is 13.2. The summed E-state index contributed by atoms with van der Waals surface area (Å²) in [6.07, 6.45) is 1.90. The highest BCUT2D eigenvalue weighted by atomic mass is 32.2. The fraction of sp³-hybridized carbons (Fsp3) is 0.667. The van der Waals surface area contributed by atoms with Gasteiger partial charge in [-0.05, 0) is 6.42 Å². The van der Waals surface area contributed by atoms with E-state index in [0.717, 1.165) is 0 Å². The second-order valence-corrected chi connectivity index (χ2v) is 7.33. The molecule has 0 radical (unpaired) electrons. The second-order valence-electron chi connectivity index (χ2n) is 4.14. The van der Waals surface area contributed by atoms with Gasteiger partial charge in [0.25, 0.3) is 0 Å². The molecule has 1 aliphatic rings. The van der Waals surface area contributed by atoms with Crippen LogP contribution < -0.4 is 0 Å². The first-order valence-corrected chi connectivity index (χ1v) is 8.23. The number of carbonyl (C=O) groups is 1. The average Bonchev–Trinajstić information content (AvgIpc) is 2.94. The SMILES string of the molecule is CN(C(=O)CSc1ncn[nH]1)C1CCS(=O)(=O)C1. The Balaban J connectivity index is 1.85. The molecule has 1 N–H and O–H groups in total. The number of thioether (sulfide) groups is 1. The number of carbonyl (C=O) groups excluding carboxylic acids is 1. The fourth-order valence-electron chi connectivity index (χ4n) is 1.78. The quantitative estimate of drug-likeness (QED) is 0.754. The number of aromatic amines is 1. The molecule has 0 bridgehead atoms. The van der Waals surface area contributed by atoms with Crippen LogP contribution in [0.1, 0.15) is 6.42 Å². The van der Waals surface area contributed by atoms with Gasteiger partial charge in [-0.3, -0.25) is 9.89 Å². The van der Waals surface area contributed by atoms with E-state index in [1.165, 1.54) is 23.0 Å². The lowest BCUT2D eigenvalue weighted by molar-refractivity contribution is -0.128. The summed E-state index contributed by atoms with van der Waals surface area (Å²) in [6, 6.07) is -0.196. The molecule has 7 nitrogen and oxygen atoms in total. The molecular formula is C9H14N4O3S2. The number of aromatic nitrogens is 3. The van der Waals surface area contributed by atoms with E-state index >= 15 is 0 Å². The third-order valence-electron chi connectivity index (χ3n) is 2.87. The van der Waals surface area contributed by atoms with E-state index in [-0.39, 0.29) is 29.2 Å². The summed E-state index contributed by atoms with van der Waals surface area (Å²) >= 11 is 1.25. The van der Waals surface area contributed by atoms with Gasteiger partial charge >= 0.3 is 0 Å². The smallest absolute Gasteiger partial charge is 0.233 e. The zero-order valence-electron chi connectivity index (χ0n) is 9.87. The molecule has 0 saturated carbocycles. The van der Waals surface area contributed by atoms with Crippen molar-refractivity contribution in [2.45, 2.75) is 17.6 Å². The summed E-state index contributed by atoms with van der Waals surface area (Å²) in [7, 11) is -1.31. The van der Waals surface area contributed by atoms with Crippen LogP contribution in [0.3, 0.4) is 0 Å². The number of hydrogen-bond acceptors (Lipinski definition) is 6. The maximum absolute atomic E-state index is 11.9. The predicted octanol–water partition coefficient (Wildman–Crippen LogP) is -0.458. The standard InChI is InChI=1S/C9H14N4O3S2/c1-13(7-2-3-18(15,16)5-7)8(14)4-17-9-10-6-11-12-9/h6-7H,2-5H2,1H3,(H,10,11,12). The molecule has 1 aromatic rings. The number of hydrogen-bond donors (Lipinski definition) is 1.